The minimum Gasteiger partial charge on any atom is -0.313 e. The molecule has 0 saturated carbocycles. The van der Waals surface area contributed by atoms with Crippen molar-refractivity contribution in [1.29, 1.82) is 0 Å². The number of ketones is 1. The predicted octanol–water partition coefficient (Wildman–Crippen LogP) is 1.42. The van der Waals surface area contributed by atoms with Crippen LogP contribution in [0.3, 0.4) is 0 Å². The van der Waals surface area contributed by atoms with E-state index >= 15 is 0 Å². The van der Waals surface area contributed by atoms with Crippen molar-refractivity contribution in [1.82, 2.24) is 0 Å². The van der Waals surface area contributed by atoms with Gasteiger partial charge in [0.05, 0.1) is 10.6 Å². The zero-order valence-corrected chi connectivity index (χ0v) is 11.8. The van der Waals surface area contributed by atoms with Gasteiger partial charge in [-0.3, -0.25) is 9.59 Å². The lowest BCUT2D eigenvalue weighted by atomic mass is 10.1. The molecule has 1 heterocycles. The van der Waals surface area contributed by atoms with Crippen LogP contribution in [-0.4, -0.2) is 32.4 Å². The molecule has 1 atom stereocenters. The van der Waals surface area contributed by atoms with E-state index < -0.39 is 21.0 Å². The molecule has 19 heavy (non-hydrogen) atoms. The van der Waals surface area contributed by atoms with Crippen molar-refractivity contribution in [3.63, 3.8) is 0 Å². The minimum atomic E-state index is -3.66. The molecule has 1 aromatic rings. The van der Waals surface area contributed by atoms with E-state index in [1.165, 1.54) is 37.1 Å². The molecular formula is C13H15NO4S. The number of nitrogens with zero attached hydrogens (tertiary/aromatic N) is 1. The summed E-state index contributed by atoms with van der Waals surface area (Å²) in [4.78, 5) is 24.9. The van der Waals surface area contributed by atoms with Crippen LogP contribution in [0.1, 0.15) is 30.6 Å². The van der Waals surface area contributed by atoms with Gasteiger partial charge >= 0.3 is 0 Å². The van der Waals surface area contributed by atoms with E-state index in [4.69, 9.17) is 0 Å². The summed E-state index contributed by atoms with van der Waals surface area (Å²) in [6.45, 7) is 3.07. The number of hydrogen-bond donors (Lipinski definition) is 0. The molecule has 0 bridgehead atoms. The number of anilines is 1. The average Bonchev–Trinajstić information content (AvgIpc) is 2.36. The SMILES string of the molecule is CCC1C(=O)N(C)c2cc(C(C)=O)ccc2S1(=O)=O. The Bertz CT molecular complexity index is 663. The van der Waals surface area contributed by atoms with Crippen LogP contribution in [0.4, 0.5) is 5.69 Å². The Morgan fingerprint density at radius 3 is 2.53 bits per heavy atom. The Labute approximate surface area is 112 Å². The van der Waals surface area contributed by atoms with E-state index in [1.807, 2.05) is 0 Å². The van der Waals surface area contributed by atoms with Crippen LogP contribution in [0.15, 0.2) is 23.1 Å². The molecule has 0 aliphatic carbocycles. The molecule has 5 nitrogen and oxygen atoms in total. The van der Waals surface area contributed by atoms with Crippen molar-refractivity contribution >= 4 is 27.2 Å². The molecule has 0 radical (unpaired) electrons. The van der Waals surface area contributed by atoms with E-state index in [9.17, 15) is 18.0 Å². The van der Waals surface area contributed by atoms with Gasteiger partial charge in [-0.2, -0.15) is 0 Å². The van der Waals surface area contributed by atoms with Gasteiger partial charge in [-0.05, 0) is 31.5 Å². The fraction of sp³-hybridized carbons (Fsp3) is 0.385. The Kier molecular flexibility index (Phi) is 3.22. The predicted molar refractivity (Wildman–Crippen MR) is 71.1 cm³/mol. The summed E-state index contributed by atoms with van der Waals surface area (Å²) < 4.78 is 24.7. The van der Waals surface area contributed by atoms with Gasteiger partial charge in [0.2, 0.25) is 5.91 Å². The number of benzene rings is 1. The van der Waals surface area contributed by atoms with E-state index in [2.05, 4.69) is 0 Å². The van der Waals surface area contributed by atoms with E-state index in [0.717, 1.165) is 0 Å². The van der Waals surface area contributed by atoms with Gasteiger partial charge in [0.1, 0.15) is 5.25 Å². The quantitative estimate of drug-likeness (QED) is 0.769. The summed E-state index contributed by atoms with van der Waals surface area (Å²) in [7, 11) is -2.13. The first-order valence-electron chi connectivity index (χ1n) is 5.97. The van der Waals surface area contributed by atoms with E-state index in [1.54, 1.807) is 6.92 Å². The Morgan fingerprint density at radius 1 is 1.37 bits per heavy atom. The second kappa shape index (κ2) is 4.45. The number of hydrogen-bond acceptors (Lipinski definition) is 4. The van der Waals surface area contributed by atoms with Gasteiger partial charge in [0, 0.05) is 12.6 Å². The summed E-state index contributed by atoms with van der Waals surface area (Å²) in [5.74, 6) is -0.616. The fourth-order valence-corrected chi connectivity index (χ4v) is 4.17. The first kappa shape index (κ1) is 13.7. The fourth-order valence-electron chi connectivity index (χ4n) is 2.25. The van der Waals surface area contributed by atoms with Crippen LogP contribution < -0.4 is 4.90 Å². The number of amides is 1. The van der Waals surface area contributed by atoms with Crippen LogP contribution in [-0.2, 0) is 14.6 Å². The molecule has 1 unspecified atom stereocenters. The molecule has 1 amide bonds. The third kappa shape index (κ3) is 1.96. The Balaban J connectivity index is 2.72. The first-order valence-corrected chi connectivity index (χ1v) is 7.51. The molecule has 0 fully saturated rings. The highest BCUT2D eigenvalue weighted by atomic mass is 32.2. The van der Waals surface area contributed by atoms with Gasteiger partial charge in [0.15, 0.2) is 15.6 Å². The smallest absolute Gasteiger partial charge is 0.245 e. The van der Waals surface area contributed by atoms with Crippen LogP contribution >= 0.6 is 0 Å². The van der Waals surface area contributed by atoms with E-state index in [-0.39, 0.29) is 22.8 Å². The van der Waals surface area contributed by atoms with Gasteiger partial charge in [-0.1, -0.05) is 6.92 Å². The number of carbonyl (C=O) groups excluding carboxylic acids is 2. The minimum absolute atomic E-state index is 0.117. The summed E-state index contributed by atoms with van der Waals surface area (Å²) >= 11 is 0. The zero-order chi connectivity index (χ0) is 14.4. The number of fused-ring (bicyclic) bond motifs is 1. The first-order chi connectivity index (χ1) is 8.80. The highest BCUT2D eigenvalue weighted by Gasteiger charge is 2.41. The summed E-state index contributed by atoms with van der Waals surface area (Å²) in [6, 6.07) is 4.35. The summed E-state index contributed by atoms with van der Waals surface area (Å²) in [6.07, 6.45) is 0.236. The maximum absolute atomic E-state index is 12.3. The molecule has 102 valence electrons. The van der Waals surface area contributed by atoms with Crippen LogP contribution in [0.25, 0.3) is 0 Å². The largest absolute Gasteiger partial charge is 0.313 e. The average molecular weight is 281 g/mol. The molecule has 0 saturated heterocycles. The number of Topliss-reactive ketones (excluding diaryl/α,β-unsaturated/α-hetero) is 1. The molecular weight excluding hydrogens is 266 g/mol. The van der Waals surface area contributed by atoms with E-state index in [0.29, 0.717) is 5.56 Å². The number of carbonyl (C=O) groups is 2. The molecule has 0 N–H and O–H groups in total. The van der Waals surface area contributed by atoms with Crippen molar-refractivity contribution in [2.75, 3.05) is 11.9 Å². The zero-order valence-electron chi connectivity index (χ0n) is 11.0. The molecule has 1 aliphatic rings. The number of rotatable bonds is 2. The normalized spacial score (nSPS) is 21.1. The standard InChI is InChI=1S/C13H15NO4S/c1-4-11-13(16)14(3)10-7-9(8(2)15)5-6-12(10)19(11,17)18/h5-7,11H,4H2,1-3H3. The Morgan fingerprint density at radius 2 is 2.00 bits per heavy atom. The monoisotopic (exact) mass is 281 g/mol. The van der Waals surface area contributed by atoms with Crippen LogP contribution in [0.2, 0.25) is 0 Å². The van der Waals surface area contributed by atoms with Gasteiger partial charge in [0.25, 0.3) is 0 Å². The van der Waals surface area contributed by atoms with Crippen molar-refractivity contribution in [3.8, 4) is 0 Å². The highest BCUT2D eigenvalue weighted by Crippen LogP contribution is 2.35. The maximum Gasteiger partial charge on any atom is 0.245 e. The Hall–Kier alpha value is -1.69. The van der Waals surface area contributed by atoms with Crippen LogP contribution in [0, 0.1) is 0 Å². The lowest BCUT2D eigenvalue weighted by molar-refractivity contribution is -0.118. The molecule has 2 rings (SSSR count). The van der Waals surface area contributed by atoms with Crippen molar-refractivity contribution < 1.29 is 18.0 Å². The van der Waals surface area contributed by atoms with Gasteiger partial charge < -0.3 is 4.90 Å². The third-order valence-electron chi connectivity index (χ3n) is 3.38. The third-order valence-corrected chi connectivity index (χ3v) is 5.63. The molecule has 6 heteroatoms. The summed E-state index contributed by atoms with van der Waals surface area (Å²) in [5, 5.41) is -1.03. The molecule has 0 aromatic heterocycles. The topological polar surface area (TPSA) is 71.5 Å². The maximum atomic E-state index is 12.3. The molecule has 1 aromatic carbocycles. The highest BCUT2D eigenvalue weighted by molar-refractivity contribution is 7.93. The number of sulfone groups is 1. The van der Waals surface area contributed by atoms with Crippen molar-refractivity contribution in [2.24, 2.45) is 0 Å². The second-order valence-electron chi connectivity index (χ2n) is 4.58. The molecule has 0 spiro atoms. The lowest BCUT2D eigenvalue weighted by Crippen LogP contribution is -2.45. The van der Waals surface area contributed by atoms with Crippen molar-refractivity contribution in [3.05, 3.63) is 23.8 Å². The van der Waals surface area contributed by atoms with Crippen molar-refractivity contribution in [2.45, 2.75) is 30.4 Å². The second-order valence-corrected chi connectivity index (χ2v) is 6.68. The van der Waals surface area contributed by atoms with Crippen LogP contribution in [0.5, 0.6) is 0 Å². The summed E-state index contributed by atoms with van der Waals surface area (Å²) in [5.41, 5.74) is 0.672. The lowest BCUT2D eigenvalue weighted by Gasteiger charge is -2.31. The molecule has 1 aliphatic heterocycles. The van der Waals surface area contributed by atoms with Gasteiger partial charge in [-0.25, -0.2) is 8.42 Å². The van der Waals surface area contributed by atoms with Gasteiger partial charge in [-0.15, -0.1) is 0 Å².